The van der Waals surface area contributed by atoms with Crippen LogP contribution in [-0.2, 0) is 19.1 Å². The van der Waals surface area contributed by atoms with Crippen LogP contribution in [0, 0.1) is 24.1 Å². The zero-order chi connectivity index (χ0) is 24.7. The number of methoxy groups -OCH3 is 1. The number of aryl methyl sites for hydroxylation is 1. The predicted molar refractivity (Wildman–Crippen MR) is 128 cm³/mol. The highest BCUT2D eigenvalue weighted by molar-refractivity contribution is 6.11. The standard InChI is InChI=1S/C28H30FNO5/c1-17-11-20(18-3-5-21(29)6-4-18)12-24(34-2)25(17)26-22(31)13-28(14-23(26)32)15-30(16-28)27(33)19-7-9-35-10-8-19/h3-6,11-12,19,26H,7-10,13-16H2,1-2H3. The van der Waals surface area contributed by atoms with E-state index < -0.39 is 11.3 Å². The van der Waals surface area contributed by atoms with Crippen molar-refractivity contribution < 1.29 is 28.2 Å². The number of hydrogen-bond acceptors (Lipinski definition) is 5. The first-order chi connectivity index (χ1) is 16.8. The Balaban J connectivity index is 1.34. The number of ether oxygens (including phenoxy) is 2. The molecule has 0 aromatic heterocycles. The quantitative estimate of drug-likeness (QED) is 0.618. The molecule has 0 atom stereocenters. The van der Waals surface area contributed by atoms with Crippen LogP contribution < -0.4 is 4.74 Å². The summed E-state index contributed by atoms with van der Waals surface area (Å²) in [7, 11) is 1.53. The van der Waals surface area contributed by atoms with Gasteiger partial charge in [-0.1, -0.05) is 18.2 Å². The monoisotopic (exact) mass is 479 g/mol. The SMILES string of the molecule is COc1cc(-c2ccc(F)cc2)cc(C)c1C1C(=O)CC2(CC1=O)CN(C(=O)C1CCOCC1)C2. The number of amides is 1. The van der Waals surface area contributed by atoms with Gasteiger partial charge in [-0.15, -0.1) is 0 Å². The predicted octanol–water partition coefficient (Wildman–Crippen LogP) is 4.08. The van der Waals surface area contributed by atoms with E-state index >= 15 is 0 Å². The fourth-order valence-electron chi connectivity index (χ4n) is 5.97. The van der Waals surface area contributed by atoms with Crippen molar-refractivity contribution >= 4 is 17.5 Å². The maximum absolute atomic E-state index is 13.4. The number of hydrogen-bond donors (Lipinski definition) is 0. The van der Waals surface area contributed by atoms with Gasteiger partial charge in [-0.25, -0.2) is 4.39 Å². The van der Waals surface area contributed by atoms with Crippen LogP contribution in [0.5, 0.6) is 5.75 Å². The summed E-state index contributed by atoms with van der Waals surface area (Å²) >= 11 is 0. The molecule has 1 aliphatic carbocycles. The van der Waals surface area contributed by atoms with Crippen LogP contribution in [0.4, 0.5) is 4.39 Å². The number of nitrogens with zero attached hydrogens (tertiary/aromatic N) is 1. The number of benzene rings is 2. The van der Waals surface area contributed by atoms with Crippen LogP contribution in [0.2, 0.25) is 0 Å². The first-order valence-corrected chi connectivity index (χ1v) is 12.2. The van der Waals surface area contributed by atoms with Gasteiger partial charge in [-0.3, -0.25) is 14.4 Å². The van der Waals surface area contributed by atoms with Crippen molar-refractivity contribution in [3.63, 3.8) is 0 Å². The second-order valence-corrected chi connectivity index (χ2v) is 10.2. The first kappa shape index (κ1) is 23.7. The molecule has 2 aromatic rings. The van der Waals surface area contributed by atoms with Gasteiger partial charge in [0.25, 0.3) is 0 Å². The third kappa shape index (κ3) is 4.38. The number of carbonyl (C=O) groups is 3. The van der Waals surface area contributed by atoms with Gasteiger partial charge >= 0.3 is 0 Å². The normalized spacial score (nSPS) is 20.7. The van der Waals surface area contributed by atoms with Crippen molar-refractivity contribution in [2.45, 2.75) is 38.5 Å². The van der Waals surface area contributed by atoms with Crippen molar-refractivity contribution in [1.82, 2.24) is 4.90 Å². The molecule has 0 unspecified atom stereocenters. The third-order valence-electron chi connectivity index (χ3n) is 7.71. The fraction of sp³-hybridized carbons (Fsp3) is 0.464. The summed E-state index contributed by atoms with van der Waals surface area (Å²) in [6.07, 6.45) is 2.02. The van der Waals surface area contributed by atoms with E-state index in [9.17, 15) is 18.8 Å². The molecule has 0 radical (unpaired) electrons. The Kier molecular flexibility index (Phi) is 6.21. The van der Waals surface area contributed by atoms with Gasteiger partial charge in [0.15, 0.2) is 0 Å². The maximum atomic E-state index is 13.4. The molecular formula is C28H30FNO5. The molecule has 2 saturated heterocycles. The zero-order valence-corrected chi connectivity index (χ0v) is 20.1. The van der Waals surface area contributed by atoms with E-state index in [4.69, 9.17) is 9.47 Å². The highest BCUT2D eigenvalue weighted by atomic mass is 19.1. The van der Waals surface area contributed by atoms with Gasteiger partial charge < -0.3 is 14.4 Å². The minimum absolute atomic E-state index is 0.0182. The highest BCUT2D eigenvalue weighted by Gasteiger charge is 2.54. The Labute approximate surface area is 204 Å². The van der Waals surface area contributed by atoms with Crippen molar-refractivity contribution in [3.05, 3.63) is 53.3 Å². The number of halogens is 1. The van der Waals surface area contributed by atoms with Gasteiger partial charge in [-0.2, -0.15) is 0 Å². The summed E-state index contributed by atoms with van der Waals surface area (Å²) in [5.41, 5.74) is 2.61. The molecule has 1 saturated carbocycles. The van der Waals surface area contributed by atoms with E-state index in [0.29, 0.717) is 37.6 Å². The topological polar surface area (TPSA) is 72.9 Å². The van der Waals surface area contributed by atoms with Crippen LogP contribution in [0.15, 0.2) is 36.4 Å². The smallest absolute Gasteiger partial charge is 0.225 e. The molecule has 1 amide bonds. The van der Waals surface area contributed by atoms with Gasteiger partial charge in [0.2, 0.25) is 5.91 Å². The minimum atomic E-state index is -0.863. The molecule has 184 valence electrons. The summed E-state index contributed by atoms with van der Waals surface area (Å²) in [5, 5.41) is 0. The number of carbonyl (C=O) groups excluding carboxylic acids is 3. The Morgan fingerprint density at radius 2 is 1.66 bits per heavy atom. The molecule has 2 aromatic carbocycles. The molecule has 0 bridgehead atoms. The van der Waals surface area contributed by atoms with Crippen molar-refractivity contribution in [1.29, 1.82) is 0 Å². The second kappa shape index (κ2) is 9.19. The Morgan fingerprint density at radius 3 is 2.26 bits per heavy atom. The third-order valence-corrected chi connectivity index (χ3v) is 7.71. The number of likely N-dealkylation sites (tertiary alicyclic amines) is 1. The second-order valence-electron chi connectivity index (χ2n) is 10.2. The van der Waals surface area contributed by atoms with E-state index in [1.807, 2.05) is 13.0 Å². The summed E-state index contributed by atoms with van der Waals surface area (Å²) in [5.74, 6) is -0.823. The Bertz CT molecular complexity index is 1140. The van der Waals surface area contributed by atoms with Gasteiger partial charge in [-0.05, 0) is 54.7 Å². The molecular weight excluding hydrogens is 449 g/mol. The number of rotatable bonds is 4. The van der Waals surface area contributed by atoms with Crippen LogP contribution in [0.25, 0.3) is 11.1 Å². The van der Waals surface area contributed by atoms with E-state index in [2.05, 4.69) is 0 Å². The minimum Gasteiger partial charge on any atom is -0.496 e. The fourth-order valence-corrected chi connectivity index (χ4v) is 5.97. The molecule has 0 N–H and O–H groups in total. The number of ketones is 2. The van der Waals surface area contributed by atoms with Crippen molar-refractivity contribution in [3.8, 4) is 16.9 Å². The molecule has 3 aliphatic rings. The first-order valence-electron chi connectivity index (χ1n) is 12.2. The summed E-state index contributed by atoms with van der Waals surface area (Å²) in [6, 6.07) is 9.88. The summed E-state index contributed by atoms with van der Waals surface area (Å²) < 4.78 is 24.3. The lowest BCUT2D eigenvalue weighted by atomic mass is 9.63. The van der Waals surface area contributed by atoms with Crippen LogP contribution in [0.1, 0.15) is 42.7 Å². The van der Waals surface area contributed by atoms with E-state index in [0.717, 1.165) is 29.5 Å². The molecule has 2 heterocycles. The Hall–Kier alpha value is -3.06. The Morgan fingerprint density at radius 1 is 1.03 bits per heavy atom. The molecule has 5 rings (SSSR count). The van der Waals surface area contributed by atoms with E-state index in [1.165, 1.54) is 19.2 Å². The summed E-state index contributed by atoms with van der Waals surface area (Å²) in [4.78, 5) is 41.4. The van der Waals surface area contributed by atoms with Crippen LogP contribution in [-0.4, -0.2) is 55.8 Å². The van der Waals surface area contributed by atoms with Gasteiger partial charge in [0.05, 0.1) is 7.11 Å². The number of Topliss-reactive ketones (excluding diaryl/α,β-unsaturated/α-hetero) is 2. The summed E-state index contributed by atoms with van der Waals surface area (Å²) in [6.45, 7) is 4.01. The van der Waals surface area contributed by atoms with Crippen molar-refractivity contribution in [2.75, 3.05) is 33.4 Å². The van der Waals surface area contributed by atoms with Gasteiger partial charge in [0.1, 0.15) is 29.1 Å². The molecule has 6 nitrogen and oxygen atoms in total. The lowest BCUT2D eigenvalue weighted by Crippen LogP contribution is -2.63. The zero-order valence-electron chi connectivity index (χ0n) is 20.1. The molecule has 2 aliphatic heterocycles. The molecule has 1 spiro atoms. The average molecular weight is 480 g/mol. The largest absolute Gasteiger partial charge is 0.496 e. The van der Waals surface area contributed by atoms with Gasteiger partial charge in [0, 0.05) is 56.0 Å². The highest BCUT2D eigenvalue weighted by Crippen LogP contribution is 2.48. The van der Waals surface area contributed by atoms with Crippen LogP contribution in [0.3, 0.4) is 0 Å². The van der Waals surface area contributed by atoms with E-state index in [1.54, 1.807) is 23.1 Å². The van der Waals surface area contributed by atoms with Crippen LogP contribution >= 0.6 is 0 Å². The average Bonchev–Trinajstić information content (AvgIpc) is 2.83. The van der Waals surface area contributed by atoms with E-state index in [-0.39, 0.29) is 42.1 Å². The molecule has 35 heavy (non-hydrogen) atoms. The lowest BCUT2D eigenvalue weighted by molar-refractivity contribution is -0.159. The molecule has 7 heteroatoms. The molecule has 3 fully saturated rings. The van der Waals surface area contributed by atoms with Crippen molar-refractivity contribution in [2.24, 2.45) is 11.3 Å². The lowest BCUT2D eigenvalue weighted by Gasteiger charge is -2.53. The maximum Gasteiger partial charge on any atom is 0.225 e.